The lowest BCUT2D eigenvalue weighted by atomic mass is 9.86. The zero-order valence-electron chi connectivity index (χ0n) is 16.1. The molecular weight excluding hydrogens is 378 g/mol. The normalized spacial score (nSPS) is 20.8. The molecule has 3 rings (SSSR count). The summed E-state index contributed by atoms with van der Waals surface area (Å²) in [6.07, 6.45) is 4.05. The first kappa shape index (κ1) is 20.5. The molecule has 1 aliphatic carbocycles. The molecule has 4 amide bonds. The maximum absolute atomic E-state index is 12.0. The average molecular weight is 401 g/mol. The number of ether oxygens (including phenoxy) is 1. The molecule has 0 unspecified atom stereocenters. The Labute approximate surface area is 167 Å². The third-order valence-electron chi connectivity index (χ3n) is 5.21. The molecule has 1 saturated carbocycles. The molecule has 29 heavy (non-hydrogen) atoms. The molecule has 1 aliphatic heterocycles. The molecule has 1 aromatic rings. The van der Waals surface area contributed by atoms with Crippen LogP contribution in [0.5, 0.6) is 0 Å². The number of fused-ring (bicyclic) bond motifs is 1. The van der Waals surface area contributed by atoms with E-state index in [-0.39, 0.29) is 11.6 Å². The average Bonchev–Trinajstić information content (AvgIpc) is 2.93. The van der Waals surface area contributed by atoms with E-state index in [0.29, 0.717) is 11.6 Å². The number of para-hydroxylation sites is 1. The second-order valence-corrected chi connectivity index (χ2v) is 7.29. The highest BCUT2D eigenvalue weighted by Gasteiger charge is 2.36. The minimum atomic E-state index is -0.862. The zero-order valence-corrected chi connectivity index (χ0v) is 16.1. The molecule has 154 valence electrons. The molecule has 9 heteroatoms. The van der Waals surface area contributed by atoms with Crippen LogP contribution in [0.3, 0.4) is 0 Å². The molecule has 0 spiro atoms. The fraction of sp³-hybridized carbons (Fsp3) is 0.450. The second-order valence-electron chi connectivity index (χ2n) is 7.29. The minimum absolute atomic E-state index is 0.0119. The number of urea groups is 1. The highest BCUT2D eigenvalue weighted by molar-refractivity contribution is 6.52. The van der Waals surface area contributed by atoms with E-state index < -0.39 is 42.7 Å². The topological polar surface area (TPSA) is 122 Å². The number of hydrogen-bond donors (Lipinski definition) is 2. The summed E-state index contributed by atoms with van der Waals surface area (Å²) < 4.78 is 4.84. The number of carbonyl (C=O) groups is 5. The van der Waals surface area contributed by atoms with Crippen LogP contribution in [0.4, 0.5) is 10.5 Å². The van der Waals surface area contributed by atoms with Gasteiger partial charge in [-0.1, -0.05) is 31.9 Å². The number of Topliss-reactive ketones (excluding diaryl/α,β-unsaturated/α-hetero) is 1. The van der Waals surface area contributed by atoms with Gasteiger partial charge in [-0.25, -0.2) is 4.79 Å². The summed E-state index contributed by atoms with van der Waals surface area (Å²) in [6.45, 7) is 0.890. The molecule has 1 aromatic carbocycles. The third kappa shape index (κ3) is 4.79. The number of rotatable bonds is 5. The lowest BCUT2D eigenvalue weighted by Gasteiger charge is -2.29. The van der Waals surface area contributed by atoms with Gasteiger partial charge in [-0.15, -0.1) is 0 Å². The predicted octanol–water partition coefficient (Wildman–Crippen LogP) is 1.16. The number of benzene rings is 1. The Kier molecular flexibility index (Phi) is 6.26. The molecule has 2 aliphatic rings. The lowest BCUT2D eigenvalue weighted by molar-refractivity contribution is -0.147. The van der Waals surface area contributed by atoms with Gasteiger partial charge in [0.25, 0.3) is 17.6 Å². The van der Waals surface area contributed by atoms with Crippen LogP contribution in [0.2, 0.25) is 0 Å². The van der Waals surface area contributed by atoms with Crippen molar-refractivity contribution in [1.82, 2.24) is 10.6 Å². The molecule has 0 aromatic heterocycles. The van der Waals surface area contributed by atoms with E-state index in [4.69, 9.17) is 4.74 Å². The Morgan fingerprint density at radius 1 is 1.14 bits per heavy atom. The predicted molar refractivity (Wildman–Crippen MR) is 102 cm³/mol. The quantitative estimate of drug-likeness (QED) is 0.564. The van der Waals surface area contributed by atoms with Gasteiger partial charge in [0.15, 0.2) is 6.61 Å². The first-order valence-corrected chi connectivity index (χ1v) is 9.58. The van der Waals surface area contributed by atoms with Crippen molar-refractivity contribution in [2.24, 2.45) is 5.92 Å². The van der Waals surface area contributed by atoms with Crippen LogP contribution in [0.15, 0.2) is 24.3 Å². The molecule has 2 atom stereocenters. The summed E-state index contributed by atoms with van der Waals surface area (Å²) in [4.78, 5) is 60.7. The number of nitrogens with zero attached hydrogens (tertiary/aromatic N) is 1. The number of imide groups is 1. The molecule has 0 radical (unpaired) electrons. The van der Waals surface area contributed by atoms with E-state index in [1.165, 1.54) is 6.07 Å². The van der Waals surface area contributed by atoms with Crippen molar-refractivity contribution < 1.29 is 28.7 Å². The number of anilines is 1. The van der Waals surface area contributed by atoms with Crippen molar-refractivity contribution in [2.75, 3.05) is 18.1 Å². The van der Waals surface area contributed by atoms with Crippen LogP contribution in [0, 0.1) is 5.92 Å². The largest absolute Gasteiger partial charge is 0.454 e. The zero-order chi connectivity index (χ0) is 21.0. The molecule has 9 nitrogen and oxygen atoms in total. The summed E-state index contributed by atoms with van der Waals surface area (Å²) >= 11 is 0. The van der Waals surface area contributed by atoms with E-state index in [1.807, 2.05) is 0 Å². The minimum Gasteiger partial charge on any atom is -0.454 e. The van der Waals surface area contributed by atoms with Crippen LogP contribution in [0.1, 0.15) is 43.0 Å². The Morgan fingerprint density at radius 2 is 1.86 bits per heavy atom. The number of ketones is 1. The van der Waals surface area contributed by atoms with Gasteiger partial charge in [0.2, 0.25) is 0 Å². The van der Waals surface area contributed by atoms with Gasteiger partial charge in [0.1, 0.15) is 6.54 Å². The Morgan fingerprint density at radius 3 is 2.62 bits per heavy atom. The lowest BCUT2D eigenvalue weighted by Crippen LogP contribution is -2.48. The Hall–Kier alpha value is -3.23. The van der Waals surface area contributed by atoms with Crippen LogP contribution in [0.25, 0.3) is 0 Å². The van der Waals surface area contributed by atoms with Crippen molar-refractivity contribution in [2.45, 2.75) is 38.6 Å². The molecule has 1 fully saturated rings. The maximum Gasteiger partial charge on any atom is 0.326 e. The van der Waals surface area contributed by atoms with E-state index in [2.05, 4.69) is 17.6 Å². The molecule has 0 saturated heterocycles. The van der Waals surface area contributed by atoms with Gasteiger partial charge < -0.3 is 10.1 Å². The van der Waals surface area contributed by atoms with Crippen LogP contribution < -0.4 is 15.5 Å². The smallest absolute Gasteiger partial charge is 0.326 e. The number of carbonyl (C=O) groups excluding carboxylic acids is 5. The van der Waals surface area contributed by atoms with Crippen molar-refractivity contribution in [1.29, 1.82) is 0 Å². The summed E-state index contributed by atoms with van der Waals surface area (Å²) in [5.74, 6) is -2.82. The SMILES string of the molecule is C[C@@H]1CCCC[C@@H]1NC(=O)NC(=O)COC(=O)CN1C(=O)C(=O)c2ccccc21. The number of nitrogens with one attached hydrogen (secondary N) is 2. The van der Waals surface area contributed by atoms with E-state index in [9.17, 15) is 24.0 Å². The first-order chi connectivity index (χ1) is 13.9. The number of amides is 4. The standard InChI is InChI=1S/C20H23N3O6/c1-12-6-2-4-8-14(12)21-20(28)22-16(24)11-29-17(25)10-23-15-9-5-3-7-13(15)18(26)19(23)27/h3,5,7,9,12,14H,2,4,6,8,10-11H2,1H3,(H2,21,22,24,28)/t12-,14+/m1/s1. The van der Waals surface area contributed by atoms with Gasteiger partial charge in [-0.3, -0.25) is 29.4 Å². The van der Waals surface area contributed by atoms with Gasteiger partial charge in [0.05, 0.1) is 11.3 Å². The van der Waals surface area contributed by atoms with Gasteiger partial charge in [-0.2, -0.15) is 0 Å². The Bertz CT molecular complexity index is 852. The monoisotopic (exact) mass is 401 g/mol. The highest BCUT2D eigenvalue weighted by atomic mass is 16.5. The van der Waals surface area contributed by atoms with Crippen molar-refractivity contribution in [3.8, 4) is 0 Å². The van der Waals surface area contributed by atoms with Crippen LogP contribution >= 0.6 is 0 Å². The van der Waals surface area contributed by atoms with Crippen molar-refractivity contribution in [3.05, 3.63) is 29.8 Å². The molecule has 1 heterocycles. The number of esters is 1. The summed E-state index contributed by atoms with van der Waals surface area (Å²) in [5, 5.41) is 4.89. The highest BCUT2D eigenvalue weighted by Crippen LogP contribution is 2.28. The first-order valence-electron chi connectivity index (χ1n) is 9.58. The Balaban J connectivity index is 1.44. The van der Waals surface area contributed by atoms with Crippen LogP contribution in [-0.2, 0) is 19.1 Å². The fourth-order valence-corrected chi connectivity index (χ4v) is 3.62. The van der Waals surface area contributed by atoms with Crippen molar-refractivity contribution in [3.63, 3.8) is 0 Å². The van der Waals surface area contributed by atoms with Gasteiger partial charge in [0, 0.05) is 6.04 Å². The molecule has 2 N–H and O–H groups in total. The van der Waals surface area contributed by atoms with E-state index in [0.717, 1.165) is 30.6 Å². The van der Waals surface area contributed by atoms with Gasteiger partial charge in [-0.05, 0) is 30.9 Å². The number of hydrogen-bond acceptors (Lipinski definition) is 6. The fourth-order valence-electron chi connectivity index (χ4n) is 3.62. The summed E-state index contributed by atoms with van der Waals surface area (Å²) in [6, 6.07) is 5.70. The molecular formula is C20H23N3O6. The van der Waals surface area contributed by atoms with Crippen molar-refractivity contribution >= 4 is 35.3 Å². The van der Waals surface area contributed by atoms with E-state index in [1.54, 1.807) is 18.2 Å². The summed E-state index contributed by atoms with van der Waals surface area (Å²) in [7, 11) is 0. The third-order valence-corrected chi connectivity index (χ3v) is 5.21. The second kappa shape index (κ2) is 8.85. The van der Waals surface area contributed by atoms with Crippen LogP contribution in [-0.4, -0.2) is 48.8 Å². The maximum atomic E-state index is 12.0. The van der Waals surface area contributed by atoms with Gasteiger partial charge >= 0.3 is 12.0 Å². The van der Waals surface area contributed by atoms with E-state index >= 15 is 0 Å². The molecule has 0 bridgehead atoms. The summed E-state index contributed by atoms with van der Waals surface area (Å²) in [5.41, 5.74) is 0.543.